The molecule has 3 N–H and O–H groups in total. The summed E-state index contributed by atoms with van der Waals surface area (Å²) < 4.78 is 0. The Labute approximate surface area is 140 Å². The molecule has 1 aromatic carbocycles. The molecule has 1 aliphatic rings. The van der Waals surface area contributed by atoms with Gasteiger partial charge in [-0.2, -0.15) is 0 Å². The molecule has 0 aliphatic heterocycles. The Bertz CT molecular complexity index is 470. The Morgan fingerprint density at radius 2 is 1.77 bits per heavy atom. The summed E-state index contributed by atoms with van der Waals surface area (Å²) in [7, 11) is 4.34. The van der Waals surface area contributed by atoms with E-state index in [9.17, 15) is 0 Å². The Kier molecular flexibility index (Phi) is 6.65. The van der Waals surface area contributed by atoms with Gasteiger partial charge in [-0.15, -0.1) is 0 Å². The first-order chi connectivity index (χ1) is 10.5. The summed E-state index contributed by atoms with van der Waals surface area (Å²) in [6.45, 7) is 4.18. The van der Waals surface area contributed by atoms with Gasteiger partial charge in [0.15, 0.2) is 5.11 Å². The molecule has 0 unspecified atom stereocenters. The fourth-order valence-corrected chi connectivity index (χ4v) is 3.34. The molecule has 2 atom stereocenters. The first kappa shape index (κ1) is 17.2. The number of hydrogen-bond acceptors (Lipinski definition) is 1. The largest absolute Gasteiger partial charge is 0.360 e. The zero-order valence-corrected chi connectivity index (χ0v) is 14.9. The minimum Gasteiger partial charge on any atom is -0.360 e. The summed E-state index contributed by atoms with van der Waals surface area (Å²) in [6, 6.07) is 9.35. The zero-order chi connectivity index (χ0) is 15.9. The van der Waals surface area contributed by atoms with Crippen LogP contribution in [0.15, 0.2) is 24.3 Å². The second-order valence-corrected chi connectivity index (χ2v) is 7.30. The second kappa shape index (κ2) is 8.49. The van der Waals surface area contributed by atoms with Crippen LogP contribution in [0.3, 0.4) is 0 Å². The molecule has 0 aromatic heterocycles. The SMILES string of the molecule is C[C@H]1CCCC[C@@H]1NC(=S)NCc1ccc(C[NH+](C)C)cc1. The maximum Gasteiger partial charge on any atom is 0.166 e. The Morgan fingerprint density at radius 3 is 2.41 bits per heavy atom. The Balaban J connectivity index is 1.76. The summed E-state index contributed by atoms with van der Waals surface area (Å²) in [5.41, 5.74) is 2.65. The summed E-state index contributed by atoms with van der Waals surface area (Å²) in [4.78, 5) is 1.44. The van der Waals surface area contributed by atoms with E-state index in [4.69, 9.17) is 12.2 Å². The van der Waals surface area contributed by atoms with Crippen molar-refractivity contribution < 1.29 is 4.90 Å². The van der Waals surface area contributed by atoms with Crippen LogP contribution in [0.2, 0.25) is 0 Å². The molecule has 0 spiro atoms. The van der Waals surface area contributed by atoms with Crippen LogP contribution < -0.4 is 15.5 Å². The highest BCUT2D eigenvalue weighted by molar-refractivity contribution is 7.80. The standard InChI is InChI=1S/C18H29N3S/c1-14-6-4-5-7-17(14)20-18(22)19-12-15-8-10-16(11-9-15)13-21(2)3/h8-11,14,17H,4-7,12-13H2,1-3H3,(H2,19,20,22)/p+1/t14-,17-/m0/s1. The summed E-state index contributed by atoms with van der Waals surface area (Å²) in [5.74, 6) is 0.723. The molecule has 1 aromatic rings. The van der Waals surface area contributed by atoms with E-state index < -0.39 is 0 Å². The van der Waals surface area contributed by atoms with E-state index in [0.29, 0.717) is 6.04 Å². The molecule has 3 nitrogen and oxygen atoms in total. The van der Waals surface area contributed by atoms with Gasteiger partial charge in [-0.3, -0.25) is 0 Å². The molecule has 0 heterocycles. The van der Waals surface area contributed by atoms with Gasteiger partial charge in [0.05, 0.1) is 14.1 Å². The summed E-state index contributed by atoms with van der Waals surface area (Å²) >= 11 is 5.44. The van der Waals surface area contributed by atoms with Gasteiger partial charge in [-0.05, 0) is 36.5 Å². The van der Waals surface area contributed by atoms with Crippen molar-refractivity contribution in [1.82, 2.24) is 10.6 Å². The van der Waals surface area contributed by atoms with Crippen LogP contribution in [-0.2, 0) is 13.1 Å². The molecule has 2 rings (SSSR count). The second-order valence-electron chi connectivity index (χ2n) is 6.90. The molecule has 22 heavy (non-hydrogen) atoms. The molecular weight excluding hydrogens is 290 g/mol. The maximum atomic E-state index is 5.44. The topological polar surface area (TPSA) is 28.5 Å². The van der Waals surface area contributed by atoms with Gasteiger partial charge in [-0.1, -0.05) is 44.0 Å². The van der Waals surface area contributed by atoms with Crippen molar-refractivity contribution in [3.05, 3.63) is 35.4 Å². The highest BCUT2D eigenvalue weighted by atomic mass is 32.1. The number of quaternary nitrogens is 1. The molecular formula is C18H30N3S+. The first-order valence-corrected chi connectivity index (χ1v) is 8.86. The molecule has 0 radical (unpaired) electrons. The van der Waals surface area contributed by atoms with Gasteiger partial charge in [0.1, 0.15) is 6.54 Å². The first-order valence-electron chi connectivity index (χ1n) is 8.46. The summed E-state index contributed by atoms with van der Waals surface area (Å²) in [6.07, 6.45) is 5.24. The minimum atomic E-state index is 0.541. The van der Waals surface area contributed by atoms with Crippen molar-refractivity contribution in [2.45, 2.75) is 51.7 Å². The van der Waals surface area contributed by atoms with Gasteiger partial charge in [-0.25, -0.2) is 0 Å². The zero-order valence-electron chi connectivity index (χ0n) is 14.1. The third-order valence-electron chi connectivity index (χ3n) is 4.46. The van der Waals surface area contributed by atoms with Gasteiger partial charge in [0, 0.05) is 18.2 Å². The van der Waals surface area contributed by atoms with Crippen LogP contribution in [0, 0.1) is 5.92 Å². The molecule has 4 heteroatoms. The average molecular weight is 321 g/mol. The lowest BCUT2D eigenvalue weighted by Gasteiger charge is -2.30. The average Bonchev–Trinajstić information content (AvgIpc) is 2.48. The molecule has 1 aliphatic carbocycles. The summed E-state index contributed by atoms with van der Waals surface area (Å²) in [5, 5.41) is 7.63. The number of thiocarbonyl (C=S) groups is 1. The number of rotatable bonds is 5. The lowest BCUT2D eigenvalue weighted by Crippen LogP contribution is -3.04. The van der Waals surface area contributed by atoms with Crippen LogP contribution in [0.1, 0.15) is 43.7 Å². The highest BCUT2D eigenvalue weighted by Crippen LogP contribution is 2.23. The van der Waals surface area contributed by atoms with Crippen molar-refractivity contribution in [1.29, 1.82) is 0 Å². The van der Waals surface area contributed by atoms with Crippen molar-refractivity contribution >= 4 is 17.3 Å². The Morgan fingerprint density at radius 1 is 1.14 bits per heavy atom. The molecule has 122 valence electrons. The molecule has 0 saturated heterocycles. The smallest absolute Gasteiger partial charge is 0.166 e. The van der Waals surface area contributed by atoms with E-state index >= 15 is 0 Å². The number of hydrogen-bond donors (Lipinski definition) is 3. The van der Waals surface area contributed by atoms with Crippen LogP contribution in [-0.4, -0.2) is 25.2 Å². The van der Waals surface area contributed by atoms with Crippen LogP contribution in [0.25, 0.3) is 0 Å². The van der Waals surface area contributed by atoms with Gasteiger partial charge in [0.25, 0.3) is 0 Å². The van der Waals surface area contributed by atoms with E-state index in [1.165, 1.54) is 41.7 Å². The van der Waals surface area contributed by atoms with Gasteiger partial charge >= 0.3 is 0 Å². The Hall–Kier alpha value is -1.13. The van der Waals surface area contributed by atoms with Crippen LogP contribution in [0.5, 0.6) is 0 Å². The lowest BCUT2D eigenvalue weighted by atomic mass is 9.86. The number of nitrogens with one attached hydrogen (secondary N) is 3. The van der Waals surface area contributed by atoms with E-state index in [0.717, 1.165) is 24.1 Å². The van der Waals surface area contributed by atoms with Gasteiger partial charge < -0.3 is 15.5 Å². The fourth-order valence-electron chi connectivity index (χ4n) is 3.12. The maximum absolute atomic E-state index is 5.44. The minimum absolute atomic E-state index is 0.541. The van der Waals surface area contributed by atoms with Gasteiger partial charge in [0.2, 0.25) is 0 Å². The van der Waals surface area contributed by atoms with E-state index in [2.05, 4.69) is 55.9 Å². The molecule has 1 fully saturated rings. The third-order valence-corrected chi connectivity index (χ3v) is 4.72. The van der Waals surface area contributed by atoms with E-state index in [-0.39, 0.29) is 0 Å². The van der Waals surface area contributed by atoms with Crippen LogP contribution >= 0.6 is 12.2 Å². The molecule has 0 bridgehead atoms. The van der Waals surface area contributed by atoms with Crippen molar-refractivity contribution in [2.24, 2.45) is 5.92 Å². The third kappa shape index (κ3) is 5.58. The highest BCUT2D eigenvalue weighted by Gasteiger charge is 2.21. The molecule has 0 amide bonds. The quantitative estimate of drug-likeness (QED) is 0.724. The molecule has 1 saturated carbocycles. The van der Waals surface area contributed by atoms with Crippen molar-refractivity contribution in [3.8, 4) is 0 Å². The van der Waals surface area contributed by atoms with Crippen molar-refractivity contribution in [2.75, 3.05) is 14.1 Å². The predicted octanol–water partition coefficient (Wildman–Crippen LogP) is 1.87. The van der Waals surface area contributed by atoms with E-state index in [1.54, 1.807) is 0 Å². The predicted molar refractivity (Wildman–Crippen MR) is 97.0 cm³/mol. The lowest BCUT2D eigenvalue weighted by molar-refractivity contribution is -0.872. The van der Waals surface area contributed by atoms with E-state index in [1.807, 2.05) is 0 Å². The van der Waals surface area contributed by atoms with Crippen LogP contribution in [0.4, 0.5) is 0 Å². The monoisotopic (exact) mass is 320 g/mol. The normalized spacial score (nSPS) is 21.6. The van der Waals surface area contributed by atoms with Crippen molar-refractivity contribution in [3.63, 3.8) is 0 Å². The number of benzene rings is 1. The fraction of sp³-hybridized carbons (Fsp3) is 0.611.